The Bertz CT molecular complexity index is 1010. The maximum absolute atomic E-state index is 15.1. The molecule has 1 aliphatic rings. The summed E-state index contributed by atoms with van der Waals surface area (Å²) in [5.41, 5.74) is 4.85. The summed E-state index contributed by atoms with van der Waals surface area (Å²) in [6, 6.07) is 7.24. The highest BCUT2D eigenvalue weighted by molar-refractivity contribution is 7.13. The predicted octanol–water partition coefficient (Wildman–Crippen LogP) is 3.42. The molecule has 1 fully saturated rings. The van der Waals surface area contributed by atoms with Crippen molar-refractivity contribution in [3.63, 3.8) is 0 Å². The lowest BCUT2D eigenvalue weighted by Gasteiger charge is -2.20. The summed E-state index contributed by atoms with van der Waals surface area (Å²) in [4.78, 5) is 26.8. The molecule has 1 saturated heterocycles. The molecular weight excluding hydrogens is 386 g/mol. The summed E-state index contributed by atoms with van der Waals surface area (Å²) in [6.07, 6.45) is 3.04. The van der Waals surface area contributed by atoms with Crippen LogP contribution in [-0.4, -0.2) is 39.0 Å². The molecule has 7 nitrogen and oxygen atoms in total. The average molecular weight is 402 g/mol. The van der Waals surface area contributed by atoms with E-state index < -0.39 is 11.7 Å². The standard InChI is InChI=1S/C18H16F2N6OS/c19-14-5-4-13(28-14)12-3-2-11(21)15(24-12)25-17(27)26-9-6-18(20,10-26)16-22-7-1-8-23-16/h1-5,7-8H,6,9-10,21H2,(H,24,25,27). The number of thiophene rings is 1. The van der Waals surface area contributed by atoms with Crippen LogP contribution >= 0.6 is 11.3 Å². The fraction of sp³-hybridized carbons (Fsp3) is 0.222. The Morgan fingerprint density at radius 1 is 1.25 bits per heavy atom. The Morgan fingerprint density at radius 3 is 2.75 bits per heavy atom. The molecule has 0 radical (unpaired) electrons. The zero-order chi connectivity index (χ0) is 19.7. The number of nitrogen functional groups attached to an aromatic ring is 1. The van der Waals surface area contributed by atoms with Crippen LogP contribution in [0.3, 0.4) is 0 Å². The molecule has 1 atom stereocenters. The molecule has 144 valence electrons. The number of aromatic nitrogens is 3. The first kappa shape index (κ1) is 18.2. The molecule has 4 rings (SSSR count). The van der Waals surface area contributed by atoms with Crippen LogP contribution < -0.4 is 11.1 Å². The van der Waals surface area contributed by atoms with E-state index in [2.05, 4.69) is 20.3 Å². The van der Waals surface area contributed by atoms with E-state index in [-0.39, 0.29) is 42.0 Å². The van der Waals surface area contributed by atoms with E-state index in [0.29, 0.717) is 10.6 Å². The summed E-state index contributed by atoms with van der Waals surface area (Å²) < 4.78 is 28.4. The first-order chi connectivity index (χ1) is 13.4. The number of halogens is 2. The van der Waals surface area contributed by atoms with E-state index >= 15 is 4.39 Å². The van der Waals surface area contributed by atoms with Gasteiger partial charge in [0.25, 0.3) is 0 Å². The van der Waals surface area contributed by atoms with Gasteiger partial charge in [-0.1, -0.05) is 0 Å². The van der Waals surface area contributed by atoms with Gasteiger partial charge >= 0.3 is 6.03 Å². The minimum Gasteiger partial charge on any atom is -0.396 e. The average Bonchev–Trinajstić information content (AvgIpc) is 3.31. The number of pyridine rings is 1. The fourth-order valence-electron chi connectivity index (χ4n) is 3.00. The number of amides is 2. The third kappa shape index (κ3) is 3.50. The van der Waals surface area contributed by atoms with Gasteiger partial charge in [-0.15, -0.1) is 11.3 Å². The van der Waals surface area contributed by atoms with E-state index in [4.69, 9.17) is 5.73 Å². The molecule has 0 spiro atoms. The number of hydrogen-bond donors (Lipinski definition) is 2. The number of carbonyl (C=O) groups excluding carboxylic acids is 1. The molecule has 10 heteroatoms. The second kappa shape index (κ2) is 7.12. The lowest BCUT2D eigenvalue weighted by atomic mass is 10.1. The first-order valence-corrected chi connectivity index (χ1v) is 9.31. The van der Waals surface area contributed by atoms with Gasteiger partial charge < -0.3 is 10.6 Å². The van der Waals surface area contributed by atoms with E-state index in [1.54, 1.807) is 24.3 Å². The van der Waals surface area contributed by atoms with Crippen LogP contribution in [0.15, 0.2) is 42.7 Å². The number of rotatable bonds is 3. The summed E-state index contributed by atoms with van der Waals surface area (Å²) in [5.74, 6) is 0.202. The van der Waals surface area contributed by atoms with Crippen molar-refractivity contribution in [1.82, 2.24) is 19.9 Å². The number of nitrogens with two attached hydrogens (primary N) is 1. The van der Waals surface area contributed by atoms with Gasteiger partial charge in [-0.2, -0.15) is 4.39 Å². The van der Waals surface area contributed by atoms with Gasteiger partial charge in [-0.3, -0.25) is 5.32 Å². The summed E-state index contributed by atoms with van der Waals surface area (Å²) in [6.45, 7) is 0.0366. The molecule has 1 aliphatic heterocycles. The normalized spacial score (nSPS) is 19.0. The third-order valence-corrected chi connectivity index (χ3v) is 5.35. The van der Waals surface area contributed by atoms with Crippen LogP contribution in [0.2, 0.25) is 0 Å². The van der Waals surface area contributed by atoms with Gasteiger partial charge in [0, 0.05) is 25.4 Å². The number of alkyl halides is 1. The van der Waals surface area contributed by atoms with Gasteiger partial charge in [-0.05, 0) is 30.3 Å². The number of likely N-dealkylation sites (tertiary alicyclic amines) is 1. The summed E-state index contributed by atoms with van der Waals surface area (Å²) in [7, 11) is 0. The molecule has 3 N–H and O–H groups in total. The highest BCUT2D eigenvalue weighted by Crippen LogP contribution is 2.34. The van der Waals surface area contributed by atoms with Crippen LogP contribution in [-0.2, 0) is 5.67 Å². The Labute approximate surface area is 163 Å². The molecule has 2 amide bonds. The molecule has 3 aromatic rings. The maximum atomic E-state index is 15.1. The number of nitrogens with one attached hydrogen (secondary N) is 1. The van der Waals surface area contributed by atoms with Gasteiger partial charge in [0.2, 0.25) is 0 Å². The molecule has 28 heavy (non-hydrogen) atoms. The molecule has 4 heterocycles. The zero-order valence-electron chi connectivity index (χ0n) is 14.6. The van der Waals surface area contributed by atoms with Crippen LogP contribution in [0.5, 0.6) is 0 Å². The number of anilines is 2. The molecule has 0 saturated carbocycles. The number of hydrogen-bond acceptors (Lipinski definition) is 6. The summed E-state index contributed by atoms with van der Waals surface area (Å²) in [5, 5.41) is 2.28. The van der Waals surface area contributed by atoms with E-state index in [9.17, 15) is 9.18 Å². The van der Waals surface area contributed by atoms with Crippen molar-refractivity contribution in [2.45, 2.75) is 12.1 Å². The van der Waals surface area contributed by atoms with Crippen molar-refractivity contribution in [2.75, 3.05) is 24.1 Å². The topological polar surface area (TPSA) is 97.0 Å². The van der Waals surface area contributed by atoms with Crippen molar-refractivity contribution in [3.8, 4) is 10.6 Å². The summed E-state index contributed by atoms with van der Waals surface area (Å²) >= 11 is 0.940. The lowest BCUT2D eigenvalue weighted by molar-refractivity contribution is 0.158. The smallest absolute Gasteiger partial charge is 0.323 e. The Hall–Kier alpha value is -3.14. The molecule has 1 unspecified atom stereocenters. The third-order valence-electron chi connectivity index (χ3n) is 4.45. The van der Waals surface area contributed by atoms with Crippen molar-refractivity contribution in [1.29, 1.82) is 0 Å². The molecule has 0 aliphatic carbocycles. The second-order valence-corrected chi connectivity index (χ2v) is 7.41. The Balaban J connectivity index is 1.50. The minimum atomic E-state index is -1.80. The monoisotopic (exact) mass is 402 g/mol. The number of nitrogens with zero attached hydrogens (tertiary/aromatic N) is 4. The lowest BCUT2D eigenvalue weighted by Crippen LogP contribution is -2.36. The largest absolute Gasteiger partial charge is 0.396 e. The second-order valence-electron chi connectivity index (χ2n) is 6.38. The van der Waals surface area contributed by atoms with E-state index in [1.807, 2.05) is 0 Å². The van der Waals surface area contributed by atoms with Gasteiger partial charge in [-0.25, -0.2) is 24.1 Å². The Morgan fingerprint density at radius 2 is 2.04 bits per heavy atom. The van der Waals surface area contributed by atoms with Gasteiger partial charge in [0.05, 0.1) is 22.8 Å². The van der Waals surface area contributed by atoms with Crippen LogP contribution in [0.1, 0.15) is 12.2 Å². The van der Waals surface area contributed by atoms with Crippen LogP contribution in [0.4, 0.5) is 25.1 Å². The van der Waals surface area contributed by atoms with Gasteiger partial charge in [0.15, 0.2) is 22.4 Å². The SMILES string of the molecule is Nc1ccc(-c2ccc(F)s2)nc1NC(=O)N1CCC(F)(c2ncccn2)C1. The first-order valence-electron chi connectivity index (χ1n) is 8.49. The molecule has 0 aromatic carbocycles. The van der Waals surface area contributed by atoms with Crippen molar-refractivity contribution < 1.29 is 13.6 Å². The zero-order valence-corrected chi connectivity index (χ0v) is 15.4. The van der Waals surface area contributed by atoms with Crippen LogP contribution in [0.25, 0.3) is 10.6 Å². The predicted molar refractivity (Wildman–Crippen MR) is 102 cm³/mol. The van der Waals surface area contributed by atoms with Crippen molar-refractivity contribution in [2.24, 2.45) is 0 Å². The van der Waals surface area contributed by atoms with Crippen molar-refractivity contribution >= 4 is 28.9 Å². The molecule has 0 bridgehead atoms. The van der Waals surface area contributed by atoms with E-state index in [1.165, 1.54) is 23.4 Å². The molecule has 3 aromatic heterocycles. The maximum Gasteiger partial charge on any atom is 0.323 e. The highest BCUT2D eigenvalue weighted by Gasteiger charge is 2.44. The molecular formula is C18H16F2N6OS. The quantitative estimate of drug-likeness (QED) is 0.700. The van der Waals surface area contributed by atoms with Crippen LogP contribution in [0, 0.1) is 5.13 Å². The number of urea groups is 1. The van der Waals surface area contributed by atoms with Gasteiger partial charge in [0.1, 0.15) is 0 Å². The Kier molecular flexibility index (Phi) is 4.63. The number of carbonyl (C=O) groups is 1. The highest BCUT2D eigenvalue weighted by atomic mass is 32.1. The van der Waals surface area contributed by atoms with Crippen molar-refractivity contribution in [3.05, 3.63) is 53.7 Å². The van der Waals surface area contributed by atoms with E-state index in [0.717, 1.165) is 11.3 Å². The fourth-order valence-corrected chi connectivity index (χ4v) is 3.70. The minimum absolute atomic E-state index is 0.0599.